The average Bonchev–Trinajstić information content (AvgIpc) is 2.17. The number of hydrogen-bond acceptors (Lipinski definition) is 2. The molecular weight excluding hydrogens is 220 g/mol. The molecule has 0 bridgehead atoms. The van der Waals surface area contributed by atoms with E-state index in [0.717, 1.165) is 19.4 Å². The van der Waals surface area contributed by atoms with E-state index >= 15 is 0 Å². The second-order valence-corrected chi connectivity index (χ2v) is 4.79. The van der Waals surface area contributed by atoms with Crippen molar-refractivity contribution in [1.29, 1.82) is 0 Å². The zero-order chi connectivity index (χ0) is 10.8. The molecule has 0 unspecified atom stereocenters. The van der Waals surface area contributed by atoms with Gasteiger partial charge >= 0.3 is 0 Å². The summed E-state index contributed by atoms with van der Waals surface area (Å²) in [5.74, 6) is 0. The van der Waals surface area contributed by atoms with Gasteiger partial charge < -0.3 is 5.73 Å². The molecule has 1 saturated carbocycles. The van der Waals surface area contributed by atoms with Crippen molar-refractivity contribution >= 4 is 12.4 Å². The fraction of sp³-hybridized carbons (Fsp3) is 0.538. The van der Waals surface area contributed by atoms with E-state index in [2.05, 4.69) is 43.1 Å². The van der Waals surface area contributed by atoms with Crippen molar-refractivity contribution in [2.45, 2.75) is 38.4 Å². The van der Waals surface area contributed by atoms with Crippen molar-refractivity contribution in [3.05, 3.63) is 35.4 Å². The van der Waals surface area contributed by atoms with Gasteiger partial charge in [-0.3, -0.25) is 4.90 Å². The van der Waals surface area contributed by atoms with E-state index in [-0.39, 0.29) is 12.4 Å². The third kappa shape index (κ3) is 3.21. The first-order valence-electron chi connectivity index (χ1n) is 5.66. The van der Waals surface area contributed by atoms with Gasteiger partial charge in [-0.2, -0.15) is 0 Å². The molecule has 90 valence electrons. The van der Waals surface area contributed by atoms with E-state index in [1.807, 2.05) is 0 Å². The van der Waals surface area contributed by atoms with Crippen LogP contribution >= 0.6 is 12.4 Å². The number of nitrogens with two attached hydrogens (primary N) is 1. The van der Waals surface area contributed by atoms with Gasteiger partial charge in [-0.1, -0.05) is 29.8 Å². The van der Waals surface area contributed by atoms with Crippen LogP contribution in [0.3, 0.4) is 0 Å². The molecule has 1 aliphatic rings. The fourth-order valence-corrected chi connectivity index (χ4v) is 2.10. The van der Waals surface area contributed by atoms with E-state index in [9.17, 15) is 0 Å². The third-order valence-corrected chi connectivity index (χ3v) is 3.33. The third-order valence-electron chi connectivity index (χ3n) is 3.33. The molecule has 0 spiro atoms. The van der Waals surface area contributed by atoms with E-state index in [4.69, 9.17) is 5.73 Å². The summed E-state index contributed by atoms with van der Waals surface area (Å²) in [7, 11) is 2.19. The van der Waals surface area contributed by atoms with Gasteiger partial charge in [0.05, 0.1) is 0 Å². The van der Waals surface area contributed by atoms with Crippen LogP contribution in [0.15, 0.2) is 24.3 Å². The first-order valence-corrected chi connectivity index (χ1v) is 5.66. The van der Waals surface area contributed by atoms with Crippen LogP contribution in [0.25, 0.3) is 0 Å². The first-order chi connectivity index (χ1) is 7.15. The molecule has 1 aromatic rings. The van der Waals surface area contributed by atoms with Crippen molar-refractivity contribution < 1.29 is 0 Å². The predicted molar refractivity (Wildman–Crippen MR) is 70.9 cm³/mol. The maximum atomic E-state index is 5.79. The van der Waals surface area contributed by atoms with Crippen LogP contribution in [-0.4, -0.2) is 24.0 Å². The van der Waals surface area contributed by atoms with Crippen LogP contribution in [0.4, 0.5) is 0 Å². The Morgan fingerprint density at radius 2 is 1.81 bits per heavy atom. The normalized spacial score (nSPS) is 23.8. The van der Waals surface area contributed by atoms with Gasteiger partial charge in [0.25, 0.3) is 0 Å². The SMILES string of the molecule is Cc1ccc(CN(C)C2CC(N)C2)cc1.Cl. The van der Waals surface area contributed by atoms with Crippen LogP contribution < -0.4 is 5.73 Å². The molecule has 0 radical (unpaired) electrons. The summed E-state index contributed by atoms with van der Waals surface area (Å²) in [6.45, 7) is 3.16. The standard InChI is InChI=1S/C13H20N2.ClH/c1-10-3-5-11(6-4-10)9-15(2)13-7-12(14)8-13;/h3-6,12-13H,7-9,14H2,1-2H3;1H. The van der Waals surface area contributed by atoms with E-state index in [1.165, 1.54) is 11.1 Å². The Bertz CT molecular complexity index is 317. The highest BCUT2D eigenvalue weighted by molar-refractivity contribution is 5.85. The van der Waals surface area contributed by atoms with Crippen molar-refractivity contribution in [3.63, 3.8) is 0 Å². The minimum atomic E-state index is 0. The highest BCUT2D eigenvalue weighted by atomic mass is 35.5. The average molecular weight is 241 g/mol. The molecule has 0 aliphatic heterocycles. The molecule has 1 aliphatic carbocycles. The zero-order valence-corrected chi connectivity index (χ0v) is 10.8. The quantitative estimate of drug-likeness (QED) is 0.879. The van der Waals surface area contributed by atoms with Crippen molar-refractivity contribution in [1.82, 2.24) is 4.90 Å². The molecule has 1 fully saturated rings. The number of aryl methyl sites for hydroxylation is 1. The van der Waals surface area contributed by atoms with Crippen LogP contribution in [0, 0.1) is 6.92 Å². The van der Waals surface area contributed by atoms with Gasteiger partial charge in [-0.05, 0) is 32.4 Å². The summed E-state index contributed by atoms with van der Waals surface area (Å²) < 4.78 is 0. The molecule has 0 heterocycles. The largest absolute Gasteiger partial charge is 0.328 e. The Morgan fingerprint density at radius 3 is 2.31 bits per heavy atom. The lowest BCUT2D eigenvalue weighted by Gasteiger charge is -2.39. The minimum absolute atomic E-state index is 0. The first kappa shape index (κ1) is 13.5. The molecule has 2 N–H and O–H groups in total. The van der Waals surface area contributed by atoms with Crippen LogP contribution in [0.1, 0.15) is 24.0 Å². The maximum absolute atomic E-state index is 5.79. The summed E-state index contributed by atoms with van der Waals surface area (Å²) in [5.41, 5.74) is 8.51. The Hall–Kier alpha value is -0.570. The molecule has 3 heteroatoms. The molecule has 0 aromatic heterocycles. The van der Waals surface area contributed by atoms with E-state index in [0.29, 0.717) is 12.1 Å². The Kier molecular flexibility index (Phi) is 4.78. The van der Waals surface area contributed by atoms with Crippen LogP contribution in [0.2, 0.25) is 0 Å². The summed E-state index contributed by atoms with van der Waals surface area (Å²) in [4.78, 5) is 2.41. The second kappa shape index (κ2) is 5.67. The minimum Gasteiger partial charge on any atom is -0.328 e. The van der Waals surface area contributed by atoms with Crippen molar-refractivity contribution in [2.24, 2.45) is 5.73 Å². The Morgan fingerprint density at radius 1 is 1.25 bits per heavy atom. The monoisotopic (exact) mass is 240 g/mol. The van der Waals surface area contributed by atoms with Crippen LogP contribution in [0.5, 0.6) is 0 Å². The second-order valence-electron chi connectivity index (χ2n) is 4.79. The predicted octanol–water partition coefficient (Wildman–Crippen LogP) is 2.34. The molecule has 1 aromatic carbocycles. The van der Waals surface area contributed by atoms with E-state index in [1.54, 1.807) is 0 Å². The van der Waals surface area contributed by atoms with Gasteiger partial charge in [-0.25, -0.2) is 0 Å². The van der Waals surface area contributed by atoms with Crippen molar-refractivity contribution in [3.8, 4) is 0 Å². The summed E-state index contributed by atoms with van der Waals surface area (Å²) in [6.07, 6.45) is 2.31. The lowest BCUT2D eigenvalue weighted by molar-refractivity contribution is 0.132. The maximum Gasteiger partial charge on any atom is 0.0233 e. The van der Waals surface area contributed by atoms with Crippen LogP contribution in [-0.2, 0) is 6.54 Å². The Labute approximate surface area is 104 Å². The molecule has 0 amide bonds. The molecule has 0 saturated heterocycles. The number of halogens is 1. The molecular formula is C13H21ClN2. The van der Waals surface area contributed by atoms with Gasteiger partial charge in [0.1, 0.15) is 0 Å². The Balaban J connectivity index is 0.00000128. The summed E-state index contributed by atoms with van der Waals surface area (Å²) >= 11 is 0. The summed E-state index contributed by atoms with van der Waals surface area (Å²) in [5, 5.41) is 0. The number of nitrogens with zero attached hydrogens (tertiary/aromatic N) is 1. The topological polar surface area (TPSA) is 29.3 Å². The fourth-order valence-electron chi connectivity index (χ4n) is 2.10. The number of benzene rings is 1. The van der Waals surface area contributed by atoms with Gasteiger partial charge in [-0.15, -0.1) is 12.4 Å². The number of hydrogen-bond donors (Lipinski definition) is 1. The highest BCUT2D eigenvalue weighted by Gasteiger charge is 2.28. The molecule has 16 heavy (non-hydrogen) atoms. The van der Waals surface area contributed by atoms with Crippen molar-refractivity contribution in [2.75, 3.05) is 7.05 Å². The highest BCUT2D eigenvalue weighted by Crippen LogP contribution is 2.24. The number of rotatable bonds is 3. The zero-order valence-electron chi connectivity index (χ0n) is 10.0. The molecule has 2 nitrogen and oxygen atoms in total. The van der Waals surface area contributed by atoms with E-state index < -0.39 is 0 Å². The molecule has 0 atom stereocenters. The van der Waals surface area contributed by atoms with Gasteiger partial charge in [0.2, 0.25) is 0 Å². The molecule has 2 rings (SSSR count). The smallest absolute Gasteiger partial charge is 0.0233 e. The van der Waals surface area contributed by atoms with Gasteiger partial charge in [0.15, 0.2) is 0 Å². The lowest BCUT2D eigenvalue weighted by atomic mass is 9.86. The summed E-state index contributed by atoms with van der Waals surface area (Å²) in [6, 6.07) is 9.91. The lowest BCUT2D eigenvalue weighted by Crippen LogP contribution is -2.48. The van der Waals surface area contributed by atoms with Gasteiger partial charge in [0, 0.05) is 18.6 Å².